The monoisotopic (exact) mass is 281 g/mol. The van der Waals surface area contributed by atoms with Crippen LogP contribution in [0, 0.1) is 12.7 Å². The van der Waals surface area contributed by atoms with Gasteiger partial charge in [0.15, 0.2) is 0 Å². The zero-order valence-corrected chi connectivity index (χ0v) is 10.9. The summed E-state index contributed by atoms with van der Waals surface area (Å²) in [6, 6.07) is 5.15. The van der Waals surface area contributed by atoms with Crippen LogP contribution in [0.25, 0.3) is 0 Å². The standard InChI is InChI=1S/C12H12FN3O2S/c1-8-11(13)6-10(7-12(8)14)19(17,18)16-9-2-4-15-5-3-9/h2-7H,14H2,1H3,(H,15,16). The molecule has 0 amide bonds. The molecular weight excluding hydrogens is 269 g/mol. The molecule has 3 N–H and O–H groups in total. The minimum Gasteiger partial charge on any atom is -0.398 e. The van der Waals surface area contributed by atoms with Gasteiger partial charge in [0.05, 0.1) is 10.6 Å². The molecule has 0 fully saturated rings. The number of nitrogens with one attached hydrogen (secondary N) is 1. The lowest BCUT2D eigenvalue weighted by Crippen LogP contribution is -2.14. The van der Waals surface area contributed by atoms with Crippen molar-refractivity contribution in [1.29, 1.82) is 0 Å². The molecule has 0 spiro atoms. The maximum Gasteiger partial charge on any atom is 0.262 e. The van der Waals surface area contributed by atoms with Gasteiger partial charge in [0, 0.05) is 23.6 Å². The summed E-state index contributed by atoms with van der Waals surface area (Å²) in [4.78, 5) is 3.56. The van der Waals surface area contributed by atoms with Gasteiger partial charge in [0.1, 0.15) is 5.82 Å². The van der Waals surface area contributed by atoms with Gasteiger partial charge in [-0.2, -0.15) is 0 Å². The molecule has 7 heteroatoms. The highest BCUT2D eigenvalue weighted by Gasteiger charge is 2.17. The fourth-order valence-corrected chi connectivity index (χ4v) is 2.57. The van der Waals surface area contributed by atoms with Gasteiger partial charge in [-0.05, 0) is 31.2 Å². The van der Waals surface area contributed by atoms with E-state index in [0.717, 1.165) is 6.07 Å². The molecule has 0 aliphatic heterocycles. The Labute approximate surface area is 110 Å². The zero-order chi connectivity index (χ0) is 14.0. The third-order valence-electron chi connectivity index (χ3n) is 2.60. The van der Waals surface area contributed by atoms with Crippen molar-refractivity contribution in [1.82, 2.24) is 4.98 Å². The Morgan fingerprint density at radius 3 is 2.47 bits per heavy atom. The fraction of sp³-hybridized carbons (Fsp3) is 0.0833. The second-order valence-corrected chi connectivity index (χ2v) is 5.64. The van der Waals surface area contributed by atoms with E-state index in [1.54, 1.807) is 0 Å². The molecule has 1 aromatic carbocycles. The molecule has 0 aliphatic carbocycles. The Bertz CT molecular complexity index is 679. The van der Waals surface area contributed by atoms with E-state index in [1.807, 2.05) is 0 Å². The van der Waals surface area contributed by atoms with Crippen molar-refractivity contribution in [2.24, 2.45) is 0 Å². The Morgan fingerprint density at radius 2 is 1.89 bits per heavy atom. The number of sulfonamides is 1. The topological polar surface area (TPSA) is 85.1 Å². The summed E-state index contributed by atoms with van der Waals surface area (Å²) in [5, 5.41) is 0. The van der Waals surface area contributed by atoms with E-state index in [1.165, 1.54) is 37.5 Å². The van der Waals surface area contributed by atoms with E-state index in [-0.39, 0.29) is 16.1 Å². The quantitative estimate of drug-likeness (QED) is 0.842. The van der Waals surface area contributed by atoms with Crippen LogP contribution in [-0.2, 0) is 10.0 Å². The Kier molecular flexibility index (Phi) is 3.39. The number of nitrogens with two attached hydrogens (primary N) is 1. The smallest absolute Gasteiger partial charge is 0.262 e. The highest BCUT2D eigenvalue weighted by atomic mass is 32.2. The molecule has 0 atom stereocenters. The summed E-state index contributed by atoms with van der Waals surface area (Å²) in [6.07, 6.45) is 2.89. The van der Waals surface area contributed by atoms with Gasteiger partial charge in [0.25, 0.3) is 10.0 Å². The molecule has 1 aromatic heterocycles. The Balaban J connectivity index is 2.40. The first-order valence-electron chi connectivity index (χ1n) is 5.38. The number of rotatable bonds is 3. The van der Waals surface area contributed by atoms with Gasteiger partial charge in [-0.25, -0.2) is 12.8 Å². The van der Waals surface area contributed by atoms with Gasteiger partial charge in [-0.1, -0.05) is 0 Å². The third-order valence-corrected chi connectivity index (χ3v) is 3.96. The molecule has 2 aromatic rings. The van der Waals surface area contributed by atoms with Crippen LogP contribution < -0.4 is 10.5 Å². The second-order valence-electron chi connectivity index (χ2n) is 3.96. The first-order valence-corrected chi connectivity index (χ1v) is 6.87. The predicted molar refractivity (Wildman–Crippen MR) is 70.6 cm³/mol. The highest BCUT2D eigenvalue weighted by Crippen LogP contribution is 2.22. The lowest BCUT2D eigenvalue weighted by molar-refractivity contribution is 0.593. The number of anilines is 2. The van der Waals surface area contributed by atoms with Crippen LogP contribution in [0.5, 0.6) is 0 Å². The van der Waals surface area contributed by atoms with Gasteiger partial charge in [-0.15, -0.1) is 0 Å². The third kappa shape index (κ3) is 2.82. The minimum absolute atomic E-state index is 0.0927. The molecule has 0 saturated carbocycles. The minimum atomic E-state index is -3.87. The summed E-state index contributed by atoms with van der Waals surface area (Å²) in [5.41, 5.74) is 6.23. The van der Waals surface area contributed by atoms with E-state index in [9.17, 15) is 12.8 Å². The van der Waals surface area contributed by atoms with Crippen molar-refractivity contribution in [3.05, 3.63) is 48.0 Å². The van der Waals surface area contributed by atoms with E-state index < -0.39 is 15.8 Å². The average molecular weight is 281 g/mol. The summed E-state index contributed by atoms with van der Waals surface area (Å²) in [6.45, 7) is 1.48. The van der Waals surface area contributed by atoms with E-state index in [4.69, 9.17) is 5.73 Å². The number of nitrogens with zero attached hydrogens (tertiary/aromatic N) is 1. The molecule has 5 nitrogen and oxygen atoms in total. The molecule has 100 valence electrons. The Morgan fingerprint density at radius 1 is 1.26 bits per heavy atom. The number of aromatic nitrogens is 1. The van der Waals surface area contributed by atoms with Gasteiger partial charge < -0.3 is 5.73 Å². The van der Waals surface area contributed by atoms with Crippen LogP contribution in [0.2, 0.25) is 0 Å². The molecule has 0 unspecified atom stereocenters. The van der Waals surface area contributed by atoms with Crippen molar-refractivity contribution in [2.45, 2.75) is 11.8 Å². The van der Waals surface area contributed by atoms with Gasteiger partial charge >= 0.3 is 0 Å². The van der Waals surface area contributed by atoms with Gasteiger partial charge in [-0.3, -0.25) is 9.71 Å². The van der Waals surface area contributed by atoms with Crippen LogP contribution in [0.3, 0.4) is 0 Å². The molecular formula is C12H12FN3O2S. The van der Waals surface area contributed by atoms with Gasteiger partial charge in [0.2, 0.25) is 0 Å². The summed E-state index contributed by atoms with van der Waals surface area (Å²) < 4.78 is 40.0. The van der Waals surface area contributed by atoms with Crippen molar-refractivity contribution in [2.75, 3.05) is 10.5 Å². The van der Waals surface area contributed by atoms with Crippen molar-refractivity contribution >= 4 is 21.4 Å². The fourth-order valence-electron chi connectivity index (χ4n) is 1.46. The van der Waals surface area contributed by atoms with Crippen molar-refractivity contribution < 1.29 is 12.8 Å². The maximum absolute atomic E-state index is 13.5. The number of hydrogen-bond donors (Lipinski definition) is 2. The number of halogens is 1. The number of benzene rings is 1. The number of hydrogen-bond acceptors (Lipinski definition) is 4. The van der Waals surface area contributed by atoms with Crippen molar-refractivity contribution in [3.63, 3.8) is 0 Å². The molecule has 0 aliphatic rings. The lowest BCUT2D eigenvalue weighted by atomic mass is 10.2. The summed E-state index contributed by atoms with van der Waals surface area (Å²) in [5.74, 6) is -0.657. The van der Waals surface area contributed by atoms with Crippen LogP contribution in [0.4, 0.5) is 15.8 Å². The highest BCUT2D eigenvalue weighted by molar-refractivity contribution is 7.92. The van der Waals surface area contributed by atoms with Crippen LogP contribution in [0.1, 0.15) is 5.56 Å². The number of pyridine rings is 1. The largest absolute Gasteiger partial charge is 0.398 e. The lowest BCUT2D eigenvalue weighted by Gasteiger charge is -2.10. The molecule has 2 rings (SSSR count). The predicted octanol–water partition coefficient (Wildman–Crippen LogP) is 1.91. The van der Waals surface area contributed by atoms with Crippen molar-refractivity contribution in [3.8, 4) is 0 Å². The van der Waals surface area contributed by atoms with E-state index >= 15 is 0 Å². The summed E-state index contributed by atoms with van der Waals surface area (Å²) >= 11 is 0. The van der Waals surface area contributed by atoms with E-state index in [0.29, 0.717) is 5.69 Å². The molecule has 0 radical (unpaired) electrons. The van der Waals surface area contributed by atoms with Crippen LogP contribution >= 0.6 is 0 Å². The summed E-state index contributed by atoms with van der Waals surface area (Å²) in [7, 11) is -3.87. The Hall–Kier alpha value is -2.15. The SMILES string of the molecule is Cc1c(N)cc(S(=O)(=O)Nc2ccncc2)cc1F. The second kappa shape index (κ2) is 4.85. The first kappa shape index (κ1) is 13.3. The number of nitrogen functional groups attached to an aromatic ring is 1. The normalized spacial score (nSPS) is 11.3. The van der Waals surface area contributed by atoms with Crippen LogP contribution in [-0.4, -0.2) is 13.4 Å². The average Bonchev–Trinajstić information content (AvgIpc) is 2.36. The maximum atomic E-state index is 13.5. The van der Waals surface area contributed by atoms with Crippen LogP contribution in [0.15, 0.2) is 41.6 Å². The molecule has 0 saturated heterocycles. The molecule has 19 heavy (non-hydrogen) atoms. The molecule has 0 bridgehead atoms. The van der Waals surface area contributed by atoms with E-state index in [2.05, 4.69) is 9.71 Å². The molecule has 1 heterocycles. The first-order chi connectivity index (χ1) is 8.90. The zero-order valence-electron chi connectivity index (χ0n) is 10.1.